The lowest BCUT2D eigenvalue weighted by atomic mass is 10.2. The molecular formula is C11H13ClO4. The largest absolute Gasteiger partial charge is 0.490 e. The van der Waals surface area contributed by atoms with Gasteiger partial charge in [-0.25, -0.2) is 4.79 Å². The first-order valence-electron chi connectivity index (χ1n) is 4.88. The van der Waals surface area contributed by atoms with Crippen LogP contribution in [0.5, 0.6) is 5.75 Å². The van der Waals surface area contributed by atoms with Gasteiger partial charge >= 0.3 is 5.97 Å². The second kappa shape index (κ2) is 5.72. The van der Waals surface area contributed by atoms with Crippen molar-refractivity contribution in [3.8, 4) is 5.75 Å². The van der Waals surface area contributed by atoms with E-state index < -0.39 is 12.1 Å². The molecule has 0 aromatic heterocycles. The molecule has 1 rings (SSSR count). The minimum absolute atomic E-state index is 0.00389. The molecular weight excluding hydrogens is 232 g/mol. The van der Waals surface area contributed by atoms with Gasteiger partial charge in [-0.15, -0.1) is 0 Å². The summed E-state index contributed by atoms with van der Waals surface area (Å²) in [5, 5.41) is 18.6. The Hall–Kier alpha value is -1.26. The van der Waals surface area contributed by atoms with E-state index in [0.717, 1.165) is 0 Å². The van der Waals surface area contributed by atoms with Gasteiger partial charge in [-0.3, -0.25) is 0 Å². The molecule has 0 radical (unpaired) electrons. The molecule has 2 N–H and O–H groups in total. The SMILES string of the molecule is CCC(O)COc1ccc(Cl)cc1C(=O)O. The predicted octanol–water partition coefficient (Wildman–Crippen LogP) is 2.19. The maximum atomic E-state index is 10.9. The van der Waals surface area contributed by atoms with E-state index >= 15 is 0 Å². The molecule has 1 aromatic carbocycles. The fraction of sp³-hybridized carbons (Fsp3) is 0.364. The van der Waals surface area contributed by atoms with E-state index in [1.165, 1.54) is 12.1 Å². The number of halogens is 1. The average Bonchev–Trinajstić information content (AvgIpc) is 2.26. The zero-order valence-electron chi connectivity index (χ0n) is 8.81. The van der Waals surface area contributed by atoms with Gasteiger partial charge < -0.3 is 14.9 Å². The van der Waals surface area contributed by atoms with Gasteiger partial charge in [0.25, 0.3) is 0 Å². The van der Waals surface area contributed by atoms with Crippen LogP contribution in [0.1, 0.15) is 23.7 Å². The van der Waals surface area contributed by atoms with E-state index in [1.807, 2.05) is 6.92 Å². The molecule has 1 atom stereocenters. The van der Waals surface area contributed by atoms with Crippen molar-refractivity contribution < 1.29 is 19.7 Å². The Bertz CT molecular complexity index is 378. The van der Waals surface area contributed by atoms with Crippen LogP contribution >= 0.6 is 11.6 Å². The minimum atomic E-state index is -1.11. The molecule has 0 saturated heterocycles. The predicted molar refractivity (Wildman–Crippen MR) is 60.2 cm³/mol. The van der Waals surface area contributed by atoms with Gasteiger partial charge in [-0.1, -0.05) is 18.5 Å². The van der Waals surface area contributed by atoms with Crippen molar-refractivity contribution >= 4 is 17.6 Å². The Labute approximate surface area is 98.4 Å². The Balaban J connectivity index is 2.82. The summed E-state index contributed by atoms with van der Waals surface area (Å²) in [6.07, 6.45) is -0.0481. The first-order valence-corrected chi connectivity index (χ1v) is 5.26. The highest BCUT2D eigenvalue weighted by molar-refractivity contribution is 6.31. The molecule has 16 heavy (non-hydrogen) atoms. The molecule has 0 aliphatic heterocycles. The summed E-state index contributed by atoms with van der Waals surface area (Å²) < 4.78 is 5.22. The van der Waals surface area contributed by atoms with Crippen LogP contribution in [-0.2, 0) is 0 Å². The molecule has 0 spiro atoms. The highest BCUT2D eigenvalue weighted by Gasteiger charge is 2.13. The van der Waals surface area contributed by atoms with Gasteiger partial charge in [0, 0.05) is 5.02 Å². The van der Waals surface area contributed by atoms with Crippen LogP contribution in [0.4, 0.5) is 0 Å². The number of ether oxygens (including phenoxy) is 1. The number of aromatic carboxylic acids is 1. The number of carbonyl (C=O) groups is 1. The number of aliphatic hydroxyl groups is 1. The summed E-state index contributed by atoms with van der Waals surface area (Å²) in [7, 11) is 0. The lowest BCUT2D eigenvalue weighted by Gasteiger charge is -2.12. The van der Waals surface area contributed by atoms with Crippen LogP contribution in [0.25, 0.3) is 0 Å². The molecule has 0 aliphatic rings. The van der Waals surface area contributed by atoms with Crippen molar-refractivity contribution in [2.24, 2.45) is 0 Å². The van der Waals surface area contributed by atoms with Crippen molar-refractivity contribution in [1.29, 1.82) is 0 Å². The standard InChI is InChI=1S/C11H13ClO4/c1-2-8(13)6-16-10-4-3-7(12)5-9(10)11(14)15/h3-5,8,13H,2,6H2,1H3,(H,14,15). The zero-order chi connectivity index (χ0) is 12.1. The summed E-state index contributed by atoms with van der Waals surface area (Å²) in [6.45, 7) is 1.88. The Morgan fingerprint density at radius 2 is 2.25 bits per heavy atom. The van der Waals surface area contributed by atoms with Crippen LogP contribution in [0.15, 0.2) is 18.2 Å². The molecule has 0 amide bonds. The third kappa shape index (κ3) is 3.40. The van der Waals surface area contributed by atoms with Gasteiger partial charge in [0.15, 0.2) is 0 Å². The zero-order valence-corrected chi connectivity index (χ0v) is 9.57. The van der Waals surface area contributed by atoms with E-state index in [1.54, 1.807) is 6.07 Å². The van der Waals surface area contributed by atoms with E-state index in [-0.39, 0.29) is 17.9 Å². The van der Waals surface area contributed by atoms with Crippen LogP contribution in [0.2, 0.25) is 5.02 Å². The number of carboxylic acids is 1. The monoisotopic (exact) mass is 244 g/mol. The first-order chi connectivity index (χ1) is 7.54. The number of aliphatic hydroxyl groups excluding tert-OH is 1. The summed E-state index contributed by atoms with van der Waals surface area (Å²) in [4.78, 5) is 10.9. The molecule has 0 bridgehead atoms. The number of hydrogen-bond donors (Lipinski definition) is 2. The summed E-state index contributed by atoms with van der Waals surface area (Å²) >= 11 is 5.68. The van der Waals surface area contributed by atoms with Gasteiger partial charge in [0.05, 0.1) is 6.10 Å². The number of benzene rings is 1. The lowest BCUT2D eigenvalue weighted by molar-refractivity contribution is 0.0682. The van der Waals surface area contributed by atoms with Crippen molar-refractivity contribution in [3.63, 3.8) is 0 Å². The molecule has 5 heteroatoms. The molecule has 0 heterocycles. The third-order valence-corrected chi connectivity index (χ3v) is 2.31. The Kier molecular flexibility index (Phi) is 4.58. The van der Waals surface area contributed by atoms with E-state index in [9.17, 15) is 9.90 Å². The van der Waals surface area contributed by atoms with Gasteiger partial charge in [0.2, 0.25) is 0 Å². The van der Waals surface area contributed by atoms with Crippen molar-refractivity contribution in [1.82, 2.24) is 0 Å². The summed E-state index contributed by atoms with van der Waals surface area (Å²) in [5.74, 6) is -0.895. The average molecular weight is 245 g/mol. The molecule has 0 aliphatic carbocycles. The van der Waals surface area contributed by atoms with Gasteiger partial charge in [-0.2, -0.15) is 0 Å². The van der Waals surface area contributed by atoms with Crippen molar-refractivity contribution in [2.75, 3.05) is 6.61 Å². The highest BCUT2D eigenvalue weighted by Crippen LogP contribution is 2.23. The van der Waals surface area contributed by atoms with E-state index in [0.29, 0.717) is 11.4 Å². The number of rotatable bonds is 5. The second-order valence-corrected chi connectivity index (χ2v) is 3.76. The van der Waals surface area contributed by atoms with Crippen molar-refractivity contribution in [3.05, 3.63) is 28.8 Å². The summed E-state index contributed by atoms with van der Waals surface area (Å²) in [5.41, 5.74) is -0.00389. The molecule has 88 valence electrons. The van der Waals surface area contributed by atoms with Crippen LogP contribution < -0.4 is 4.74 Å². The van der Waals surface area contributed by atoms with E-state index in [4.69, 9.17) is 21.4 Å². The topological polar surface area (TPSA) is 66.8 Å². The summed E-state index contributed by atoms with van der Waals surface area (Å²) in [6, 6.07) is 4.34. The van der Waals surface area contributed by atoms with Crippen molar-refractivity contribution in [2.45, 2.75) is 19.4 Å². The maximum absolute atomic E-state index is 10.9. The minimum Gasteiger partial charge on any atom is -0.490 e. The van der Waals surface area contributed by atoms with Crippen LogP contribution in [0.3, 0.4) is 0 Å². The maximum Gasteiger partial charge on any atom is 0.339 e. The smallest absolute Gasteiger partial charge is 0.339 e. The quantitative estimate of drug-likeness (QED) is 0.833. The fourth-order valence-corrected chi connectivity index (χ4v) is 1.27. The molecule has 4 nitrogen and oxygen atoms in total. The highest BCUT2D eigenvalue weighted by atomic mass is 35.5. The molecule has 0 fully saturated rings. The van der Waals surface area contributed by atoms with Gasteiger partial charge in [0.1, 0.15) is 17.9 Å². The lowest BCUT2D eigenvalue weighted by Crippen LogP contribution is -2.17. The molecule has 1 unspecified atom stereocenters. The Morgan fingerprint density at radius 1 is 1.56 bits per heavy atom. The first kappa shape index (κ1) is 12.8. The number of hydrogen-bond acceptors (Lipinski definition) is 3. The molecule has 0 saturated carbocycles. The second-order valence-electron chi connectivity index (χ2n) is 3.32. The number of carboxylic acid groups (broad SMARTS) is 1. The van der Waals surface area contributed by atoms with Crippen LogP contribution in [0, 0.1) is 0 Å². The third-order valence-electron chi connectivity index (χ3n) is 2.07. The van der Waals surface area contributed by atoms with E-state index in [2.05, 4.69) is 0 Å². The van der Waals surface area contributed by atoms with Crippen LogP contribution in [-0.4, -0.2) is 28.9 Å². The normalized spacial score (nSPS) is 12.2. The molecule has 1 aromatic rings. The van der Waals surface area contributed by atoms with Gasteiger partial charge in [-0.05, 0) is 24.6 Å². The fourth-order valence-electron chi connectivity index (χ4n) is 1.10. The Morgan fingerprint density at radius 3 is 2.81 bits per heavy atom.